The summed E-state index contributed by atoms with van der Waals surface area (Å²) in [5.41, 5.74) is -7.68. The Hall–Kier alpha value is -2.84. The molecule has 6 atom stereocenters. The van der Waals surface area contributed by atoms with Crippen molar-refractivity contribution in [3.05, 3.63) is 0 Å². The van der Waals surface area contributed by atoms with Gasteiger partial charge in [0.15, 0.2) is 0 Å². The van der Waals surface area contributed by atoms with Crippen molar-refractivity contribution in [2.24, 2.45) is 28.6 Å². The fraction of sp³-hybridized carbons (Fsp3) is 0.783. The molecule has 0 aromatic heterocycles. The summed E-state index contributed by atoms with van der Waals surface area (Å²) >= 11 is 0. The van der Waals surface area contributed by atoms with E-state index in [1.54, 1.807) is 5.32 Å². The zero-order chi connectivity index (χ0) is 44.4. The fourth-order valence-corrected chi connectivity index (χ4v) is 3.93. The molecule has 2 saturated heterocycles. The lowest BCUT2D eigenvalue weighted by molar-refractivity contribution is -0.176. The van der Waals surface area contributed by atoms with Crippen molar-refractivity contribution in [2.45, 2.75) is 71.3 Å². The van der Waals surface area contributed by atoms with Crippen LogP contribution in [0.3, 0.4) is 0 Å². The monoisotopic (exact) mass is 520 g/mol. The molecule has 2 aliphatic heterocycles. The zero-order valence-corrected chi connectivity index (χ0v) is 17.3. The molecule has 3 aliphatic rings. The van der Waals surface area contributed by atoms with Gasteiger partial charge < -0.3 is 20.9 Å². The molecule has 0 aromatic rings. The molecular weight excluding hydrogens is 467 g/mol. The van der Waals surface area contributed by atoms with E-state index in [0.29, 0.717) is 0 Å². The summed E-state index contributed by atoms with van der Waals surface area (Å²) in [4.78, 5) is 53.3. The average molecular weight is 521 g/mol. The van der Waals surface area contributed by atoms with E-state index in [1.807, 2.05) is 0 Å². The van der Waals surface area contributed by atoms with Crippen LogP contribution in [0.15, 0.2) is 0 Å². The summed E-state index contributed by atoms with van der Waals surface area (Å²) < 4.78 is 209. The second kappa shape index (κ2) is 8.99. The Kier molecular flexibility index (Phi) is 2.64. The Morgan fingerprint density at radius 3 is 2.54 bits per heavy atom. The van der Waals surface area contributed by atoms with Crippen molar-refractivity contribution in [2.75, 3.05) is 13.0 Å². The van der Waals surface area contributed by atoms with E-state index in [0.717, 1.165) is 11.4 Å². The number of nitrogens with one attached hydrogen (secondary N) is 3. The first kappa shape index (κ1) is 10.3. The summed E-state index contributed by atoms with van der Waals surface area (Å²) in [7, 11) is 0. The van der Waals surface area contributed by atoms with Crippen LogP contribution in [0, 0.1) is 39.9 Å². The minimum atomic E-state index is -6.08. The van der Waals surface area contributed by atoms with E-state index in [4.69, 9.17) is 28.8 Å². The number of nitriles is 1. The van der Waals surface area contributed by atoms with Gasteiger partial charge in [0, 0.05) is 47.7 Å². The molecule has 9 nitrogen and oxygen atoms in total. The molecule has 0 radical (unpaired) electrons. The third-order valence-corrected chi connectivity index (χ3v) is 5.68. The van der Waals surface area contributed by atoms with E-state index in [1.165, 1.54) is 5.32 Å². The standard InChI is InChI=1S/C23H32F3N5O4/c1-21(2,3)16(30-20(35)23(24,25)26)19(34)31-10-13-14(22(13,4)5)15(31)18(33)29-12(9-27)8-11-6-7-28-17(11)32/h11-16H,6-8,10H2,1-5H3,(H,28,32)(H,29,33)(H,30,35)/t11-,12-,13-,14-,15-,16+/m0/s1/i1D3,2D3,3D3,4D3,5D3,6D2,7D2,8D2. The van der Waals surface area contributed by atoms with Crippen LogP contribution in [0.5, 0.6) is 0 Å². The highest BCUT2D eigenvalue weighted by molar-refractivity contribution is 5.95. The van der Waals surface area contributed by atoms with Crippen LogP contribution in [0.25, 0.3) is 0 Å². The SMILES string of the molecule is [2H]C([2H])([C@H]1C(=O)NC([2H])([2H])C1([2H])[2H])[C@@H](C#N)NC(=O)[C@@H]1[C@@H]2[C@H](CN1C(=O)[C@@H](NC(=O)C(F)(F)F)C(C([2H])([2H])[2H])(C([2H])([2H])[2H])C([2H])([2H])[2H])C2(C([2H])([2H])[2H])C([2H])([2H])[2H]. The van der Waals surface area contributed by atoms with Gasteiger partial charge in [0.2, 0.25) is 17.7 Å². The fourth-order valence-electron chi connectivity index (χ4n) is 3.93. The first-order valence-corrected chi connectivity index (χ1v) is 9.69. The maximum absolute atomic E-state index is 14.4. The topological polar surface area (TPSA) is 131 Å². The second-order valence-electron chi connectivity index (χ2n) is 8.08. The van der Waals surface area contributed by atoms with Crippen molar-refractivity contribution >= 4 is 23.6 Å². The normalized spacial score (nSPS) is 42.9. The Labute approximate surface area is 231 Å². The molecule has 12 heteroatoms. The third kappa shape index (κ3) is 5.23. The van der Waals surface area contributed by atoms with Crippen molar-refractivity contribution in [1.82, 2.24) is 20.9 Å². The van der Waals surface area contributed by atoms with Crippen molar-refractivity contribution < 1.29 is 61.1 Å². The zero-order valence-electron chi connectivity index (χ0n) is 38.3. The van der Waals surface area contributed by atoms with E-state index in [9.17, 15) is 37.6 Å². The van der Waals surface area contributed by atoms with Gasteiger partial charge in [0.1, 0.15) is 18.1 Å². The number of hydrogen-bond acceptors (Lipinski definition) is 5. The summed E-state index contributed by atoms with van der Waals surface area (Å²) in [6.45, 7) is -25.5. The number of amides is 4. The minimum Gasteiger partial charge on any atom is -0.356 e. The first-order valence-electron chi connectivity index (χ1n) is 20.2. The van der Waals surface area contributed by atoms with Gasteiger partial charge in [-0.2, -0.15) is 18.4 Å². The van der Waals surface area contributed by atoms with Gasteiger partial charge in [-0.05, 0) is 35.4 Å². The summed E-state index contributed by atoms with van der Waals surface area (Å²) in [6, 6.07) is -8.26. The van der Waals surface area contributed by atoms with Crippen LogP contribution in [0.1, 0.15) is 75.8 Å². The quantitative estimate of drug-likeness (QED) is 0.483. The third-order valence-electron chi connectivity index (χ3n) is 5.68. The number of fused-ring (bicyclic) bond motifs is 1. The number of carbonyl (C=O) groups is 4. The van der Waals surface area contributed by atoms with Crippen LogP contribution in [-0.4, -0.2) is 65.9 Å². The molecule has 0 unspecified atom stereocenters. The maximum atomic E-state index is 14.4. The lowest BCUT2D eigenvalue weighted by Gasteiger charge is -2.37. The Morgan fingerprint density at radius 2 is 2.03 bits per heavy atom. The number of likely N-dealkylation sites (tertiary alicyclic amines) is 1. The number of alkyl halides is 3. The molecule has 0 bridgehead atoms. The van der Waals surface area contributed by atoms with Gasteiger partial charge in [0.25, 0.3) is 0 Å². The molecule has 2 heterocycles. The minimum absolute atomic E-state index is 0.107. The number of hydrogen-bond donors (Lipinski definition) is 3. The maximum Gasteiger partial charge on any atom is 0.471 e. The van der Waals surface area contributed by atoms with Crippen molar-refractivity contribution in [3.63, 3.8) is 0 Å². The van der Waals surface area contributed by atoms with Gasteiger partial charge in [-0.15, -0.1) is 0 Å². The van der Waals surface area contributed by atoms with E-state index < -0.39 is 137 Å². The van der Waals surface area contributed by atoms with Gasteiger partial charge in [-0.25, -0.2) is 0 Å². The second-order valence-corrected chi connectivity index (χ2v) is 8.08. The van der Waals surface area contributed by atoms with Crippen LogP contribution in [0.4, 0.5) is 13.2 Å². The number of rotatable bonds is 6. The lowest BCUT2D eigenvalue weighted by atomic mass is 9.85. The van der Waals surface area contributed by atoms with E-state index in [2.05, 4.69) is 0 Å². The first-order chi connectivity index (χ1) is 24.5. The van der Waals surface area contributed by atoms with E-state index in [-0.39, 0.29) is 4.90 Å². The highest BCUT2D eigenvalue weighted by Crippen LogP contribution is 2.65. The molecule has 3 fully saturated rings. The number of carbonyl (C=O) groups excluding carboxylic acids is 4. The molecule has 0 spiro atoms. The predicted octanol–water partition coefficient (Wildman–Crippen LogP) is 1.10. The molecule has 194 valence electrons. The Bertz CT molecular complexity index is 1630. The van der Waals surface area contributed by atoms with Crippen molar-refractivity contribution in [3.8, 4) is 6.07 Å². The number of nitrogens with zero attached hydrogens (tertiary/aromatic N) is 2. The highest BCUT2D eigenvalue weighted by Gasteiger charge is 2.70. The van der Waals surface area contributed by atoms with Gasteiger partial charge >= 0.3 is 12.1 Å². The van der Waals surface area contributed by atoms with Gasteiger partial charge in [-0.3, -0.25) is 19.2 Å². The van der Waals surface area contributed by atoms with E-state index >= 15 is 0 Å². The smallest absolute Gasteiger partial charge is 0.356 e. The molecule has 0 aromatic carbocycles. The summed E-state index contributed by atoms with van der Waals surface area (Å²) in [5.74, 6) is -16.3. The lowest BCUT2D eigenvalue weighted by Crippen LogP contribution is -2.61. The van der Waals surface area contributed by atoms with Gasteiger partial charge in [-0.1, -0.05) is 34.3 Å². The molecule has 35 heavy (non-hydrogen) atoms. The van der Waals surface area contributed by atoms with Crippen LogP contribution in [0.2, 0.25) is 0 Å². The molecule has 4 amide bonds. The number of halogens is 3. The van der Waals surface area contributed by atoms with Crippen LogP contribution in [-0.2, 0) is 19.2 Å². The molecular formula is C23H32F3N5O4. The molecule has 1 aliphatic carbocycles. The average Bonchev–Trinajstić information content (AvgIpc) is 3.39. The summed E-state index contributed by atoms with van der Waals surface area (Å²) in [6.07, 6.45) is -13.2. The van der Waals surface area contributed by atoms with Crippen LogP contribution < -0.4 is 16.0 Å². The molecule has 3 N–H and O–H groups in total. The van der Waals surface area contributed by atoms with Crippen LogP contribution >= 0.6 is 0 Å². The number of piperidine rings is 1. The molecule has 3 rings (SSSR count). The predicted molar refractivity (Wildman–Crippen MR) is 117 cm³/mol. The highest BCUT2D eigenvalue weighted by atomic mass is 19.4. The Morgan fingerprint density at radius 1 is 1.34 bits per heavy atom. The summed E-state index contributed by atoms with van der Waals surface area (Å²) in [5, 5.41) is 13.8. The van der Waals surface area contributed by atoms with Gasteiger partial charge in [0.05, 0.1) is 6.07 Å². The van der Waals surface area contributed by atoms with Crippen molar-refractivity contribution in [1.29, 1.82) is 5.26 Å². The molecule has 1 saturated carbocycles. The Balaban J connectivity index is 2.34. The largest absolute Gasteiger partial charge is 0.471 e.